The van der Waals surface area contributed by atoms with E-state index in [1.807, 2.05) is 31.2 Å². The fourth-order valence-electron chi connectivity index (χ4n) is 3.27. The summed E-state index contributed by atoms with van der Waals surface area (Å²) in [6, 6.07) is 7.70. The number of hydrogen-bond acceptors (Lipinski definition) is 5. The molecule has 0 bridgehead atoms. The molecule has 2 rings (SSSR count). The van der Waals surface area contributed by atoms with Crippen LogP contribution in [-0.4, -0.2) is 88.4 Å². The average molecular weight is 406 g/mol. The lowest BCUT2D eigenvalue weighted by Gasteiger charge is -2.32. The summed E-state index contributed by atoms with van der Waals surface area (Å²) in [6.45, 7) is 12.4. The summed E-state index contributed by atoms with van der Waals surface area (Å²) in [4.78, 5) is 9.64. The quantitative estimate of drug-likeness (QED) is 0.334. The molecule has 29 heavy (non-hydrogen) atoms. The van der Waals surface area contributed by atoms with Crippen LogP contribution in [0.25, 0.3) is 0 Å². The molecule has 1 aliphatic heterocycles. The molecule has 0 saturated carbocycles. The van der Waals surface area contributed by atoms with Gasteiger partial charge >= 0.3 is 0 Å². The number of guanidine groups is 1. The highest BCUT2D eigenvalue weighted by Crippen LogP contribution is 2.26. The maximum Gasteiger partial charge on any atom is 0.191 e. The van der Waals surface area contributed by atoms with E-state index in [4.69, 9.17) is 9.47 Å². The first kappa shape index (κ1) is 23.3. The fraction of sp³-hybridized carbons (Fsp3) is 0.682. The molecule has 1 unspecified atom stereocenters. The van der Waals surface area contributed by atoms with Gasteiger partial charge in [0.05, 0.1) is 13.7 Å². The summed E-state index contributed by atoms with van der Waals surface area (Å²) in [5.74, 6) is 2.34. The van der Waals surface area contributed by atoms with Gasteiger partial charge in [-0.3, -0.25) is 0 Å². The summed E-state index contributed by atoms with van der Waals surface area (Å²) < 4.78 is 11.3. The minimum absolute atomic E-state index is 0.0426. The topological polar surface area (TPSA) is 61.4 Å². The maximum atomic E-state index is 5.99. The van der Waals surface area contributed by atoms with Gasteiger partial charge < -0.3 is 29.9 Å². The minimum Gasteiger partial charge on any atom is -0.493 e. The van der Waals surface area contributed by atoms with Crippen molar-refractivity contribution in [3.8, 4) is 11.5 Å². The predicted octanol–water partition coefficient (Wildman–Crippen LogP) is 2.05. The van der Waals surface area contributed by atoms with Crippen LogP contribution in [0.3, 0.4) is 0 Å². The van der Waals surface area contributed by atoms with Crippen molar-refractivity contribution >= 4 is 5.96 Å². The number of unbranched alkanes of at least 4 members (excludes halogenated alkanes) is 1. The minimum atomic E-state index is -0.0426. The number of methoxy groups -OCH3 is 1. The third-order valence-electron chi connectivity index (χ3n) is 5.04. The number of piperazine rings is 1. The summed E-state index contributed by atoms with van der Waals surface area (Å²) in [7, 11) is 3.85. The SMILES string of the molecule is CCNC(=NCC(C)Oc1ccccc1OC)NCCCCN1CCN(C)CC1. The monoisotopic (exact) mass is 405 g/mol. The molecule has 7 heteroatoms. The van der Waals surface area contributed by atoms with Crippen molar-refractivity contribution in [1.29, 1.82) is 0 Å². The van der Waals surface area contributed by atoms with Gasteiger partial charge in [-0.25, -0.2) is 4.99 Å². The lowest BCUT2D eigenvalue weighted by atomic mass is 10.2. The highest BCUT2D eigenvalue weighted by molar-refractivity contribution is 5.79. The number of likely N-dealkylation sites (N-methyl/N-ethyl adjacent to an activating group) is 1. The van der Waals surface area contributed by atoms with Crippen LogP contribution in [0, 0.1) is 0 Å². The fourth-order valence-corrected chi connectivity index (χ4v) is 3.27. The largest absolute Gasteiger partial charge is 0.493 e. The molecule has 1 saturated heterocycles. The Morgan fingerprint density at radius 1 is 1.10 bits per heavy atom. The van der Waals surface area contributed by atoms with Gasteiger partial charge in [0.1, 0.15) is 6.10 Å². The normalized spacial score (nSPS) is 17.0. The Hall–Kier alpha value is -1.99. The second-order valence-corrected chi connectivity index (χ2v) is 7.58. The zero-order chi connectivity index (χ0) is 20.9. The van der Waals surface area contributed by atoms with Crippen molar-refractivity contribution in [2.75, 3.05) is 66.5 Å². The molecule has 0 radical (unpaired) electrons. The Balaban J connectivity index is 1.68. The van der Waals surface area contributed by atoms with Crippen LogP contribution in [-0.2, 0) is 0 Å². The zero-order valence-corrected chi connectivity index (χ0v) is 18.6. The van der Waals surface area contributed by atoms with Crippen molar-refractivity contribution < 1.29 is 9.47 Å². The van der Waals surface area contributed by atoms with Gasteiger partial charge in [-0.1, -0.05) is 12.1 Å². The number of para-hydroxylation sites is 2. The molecule has 0 amide bonds. The predicted molar refractivity (Wildman–Crippen MR) is 120 cm³/mol. The number of hydrogen-bond donors (Lipinski definition) is 2. The standard InChI is InChI=1S/C22H39N5O2/c1-5-23-22(24-12-8-9-13-27-16-14-26(3)15-17-27)25-18-19(2)29-21-11-7-6-10-20(21)28-4/h6-7,10-11,19H,5,8-9,12-18H2,1-4H3,(H2,23,24,25). The number of rotatable bonds is 11. The van der Waals surface area contributed by atoms with Crippen LogP contribution in [0.4, 0.5) is 0 Å². The molecule has 0 aromatic heterocycles. The van der Waals surface area contributed by atoms with Crippen molar-refractivity contribution in [3.63, 3.8) is 0 Å². The third-order valence-corrected chi connectivity index (χ3v) is 5.04. The first-order valence-corrected chi connectivity index (χ1v) is 10.8. The first-order valence-electron chi connectivity index (χ1n) is 10.8. The Morgan fingerprint density at radius 3 is 2.52 bits per heavy atom. The highest BCUT2D eigenvalue weighted by Gasteiger charge is 2.13. The molecule has 1 heterocycles. The number of nitrogens with one attached hydrogen (secondary N) is 2. The molecule has 7 nitrogen and oxygen atoms in total. The van der Waals surface area contributed by atoms with E-state index in [1.54, 1.807) is 7.11 Å². The van der Waals surface area contributed by atoms with Gasteiger partial charge in [-0.05, 0) is 52.4 Å². The third kappa shape index (κ3) is 8.92. The van der Waals surface area contributed by atoms with E-state index in [0.29, 0.717) is 6.54 Å². The number of aliphatic imine (C=N–C) groups is 1. The van der Waals surface area contributed by atoms with E-state index in [1.165, 1.54) is 39.1 Å². The number of ether oxygens (including phenoxy) is 2. The lowest BCUT2D eigenvalue weighted by Crippen LogP contribution is -2.44. The summed E-state index contributed by atoms with van der Waals surface area (Å²) >= 11 is 0. The smallest absolute Gasteiger partial charge is 0.191 e. The van der Waals surface area contributed by atoms with Crippen LogP contribution < -0.4 is 20.1 Å². The Kier molecular flexibility index (Phi) is 10.7. The van der Waals surface area contributed by atoms with Gasteiger partial charge in [0.2, 0.25) is 0 Å². The van der Waals surface area contributed by atoms with E-state index in [9.17, 15) is 0 Å². The van der Waals surface area contributed by atoms with E-state index in [0.717, 1.165) is 37.0 Å². The van der Waals surface area contributed by atoms with Gasteiger partial charge in [-0.15, -0.1) is 0 Å². The molecule has 1 fully saturated rings. The highest BCUT2D eigenvalue weighted by atomic mass is 16.5. The Labute approximate surface area is 176 Å². The molecule has 1 aliphatic rings. The van der Waals surface area contributed by atoms with Crippen LogP contribution in [0.15, 0.2) is 29.3 Å². The van der Waals surface area contributed by atoms with Gasteiger partial charge in [0, 0.05) is 39.3 Å². The zero-order valence-electron chi connectivity index (χ0n) is 18.6. The van der Waals surface area contributed by atoms with Crippen molar-refractivity contribution in [2.24, 2.45) is 4.99 Å². The van der Waals surface area contributed by atoms with Crippen LogP contribution >= 0.6 is 0 Å². The number of nitrogens with zero attached hydrogens (tertiary/aromatic N) is 3. The second kappa shape index (κ2) is 13.3. The Morgan fingerprint density at radius 2 is 1.83 bits per heavy atom. The summed E-state index contributed by atoms with van der Waals surface area (Å²) in [6.07, 6.45) is 2.31. The van der Waals surface area contributed by atoms with Gasteiger partial charge in [0.15, 0.2) is 17.5 Å². The molecule has 2 N–H and O–H groups in total. The molecular formula is C22H39N5O2. The molecular weight excluding hydrogens is 366 g/mol. The van der Waals surface area contributed by atoms with Gasteiger partial charge in [-0.2, -0.15) is 0 Å². The Bertz CT molecular complexity index is 603. The molecule has 1 aromatic carbocycles. The van der Waals surface area contributed by atoms with E-state index in [-0.39, 0.29) is 6.10 Å². The summed E-state index contributed by atoms with van der Waals surface area (Å²) in [5, 5.41) is 6.75. The molecule has 0 spiro atoms. The van der Waals surface area contributed by atoms with Crippen molar-refractivity contribution in [1.82, 2.24) is 20.4 Å². The second-order valence-electron chi connectivity index (χ2n) is 7.58. The number of benzene rings is 1. The van der Waals surface area contributed by atoms with Crippen molar-refractivity contribution in [2.45, 2.75) is 32.8 Å². The van der Waals surface area contributed by atoms with E-state index in [2.05, 4.69) is 39.4 Å². The van der Waals surface area contributed by atoms with Crippen LogP contribution in [0.2, 0.25) is 0 Å². The summed E-state index contributed by atoms with van der Waals surface area (Å²) in [5.41, 5.74) is 0. The molecule has 164 valence electrons. The molecule has 0 aliphatic carbocycles. The van der Waals surface area contributed by atoms with Crippen molar-refractivity contribution in [3.05, 3.63) is 24.3 Å². The molecule has 1 aromatic rings. The first-order chi connectivity index (χ1) is 14.1. The maximum absolute atomic E-state index is 5.99. The van der Waals surface area contributed by atoms with Crippen LogP contribution in [0.5, 0.6) is 11.5 Å². The lowest BCUT2D eigenvalue weighted by molar-refractivity contribution is 0.152. The average Bonchev–Trinajstić information content (AvgIpc) is 2.73. The molecule has 1 atom stereocenters. The van der Waals surface area contributed by atoms with Gasteiger partial charge in [0.25, 0.3) is 0 Å². The van der Waals surface area contributed by atoms with Crippen LogP contribution in [0.1, 0.15) is 26.7 Å². The van der Waals surface area contributed by atoms with E-state index < -0.39 is 0 Å². The van der Waals surface area contributed by atoms with E-state index >= 15 is 0 Å².